The van der Waals surface area contributed by atoms with Crippen molar-refractivity contribution in [2.24, 2.45) is 0 Å². The third kappa shape index (κ3) is 4.80. The number of para-hydroxylation sites is 1. The number of ether oxygens (including phenoxy) is 1. The van der Waals surface area contributed by atoms with Crippen LogP contribution in [0.2, 0.25) is 0 Å². The monoisotopic (exact) mass is 670 g/mol. The molecule has 0 aromatic heterocycles. The number of hydrogen-bond acceptors (Lipinski definition) is 1. The van der Waals surface area contributed by atoms with Gasteiger partial charge in [-0.25, -0.2) is 0 Å². The Balaban J connectivity index is 1.07. The van der Waals surface area contributed by atoms with Crippen LogP contribution in [-0.4, -0.2) is 0 Å². The zero-order chi connectivity index (χ0) is 33.8. The van der Waals surface area contributed by atoms with Gasteiger partial charge in [0, 0.05) is 11.1 Å². The van der Waals surface area contributed by atoms with Crippen LogP contribution in [0.4, 0.5) is 0 Å². The number of allylic oxidation sites excluding steroid dienone is 4. The summed E-state index contributed by atoms with van der Waals surface area (Å²) in [5.41, 5.74) is 11.9. The first kappa shape index (κ1) is 30.1. The van der Waals surface area contributed by atoms with E-state index >= 15 is 0 Å². The summed E-state index contributed by atoms with van der Waals surface area (Å²) in [5, 5.41) is 4.20. The SMILES string of the molecule is C1=CC(P(c2ccccc2)c2cccc(-c3cccc(-c4ccc5c(c4)Oc4ccccc4C54c5ccccc5-c5ccccc54)c3)c2)=CCC1. The maximum atomic E-state index is 6.80. The molecule has 1 unspecified atom stereocenters. The van der Waals surface area contributed by atoms with Crippen molar-refractivity contribution in [2.75, 3.05) is 0 Å². The summed E-state index contributed by atoms with van der Waals surface area (Å²) in [5.74, 6) is 1.82. The summed E-state index contributed by atoms with van der Waals surface area (Å²) < 4.78 is 6.80. The Morgan fingerprint density at radius 1 is 0.431 bits per heavy atom. The van der Waals surface area contributed by atoms with E-state index in [1.54, 1.807) is 0 Å². The summed E-state index contributed by atoms with van der Waals surface area (Å²) in [4.78, 5) is 0. The predicted octanol–water partition coefficient (Wildman–Crippen LogP) is 12.2. The molecule has 1 nitrogen and oxygen atoms in total. The molecule has 0 N–H and O–H groups in total. The van der Waals surface area contributed by atoms with Crippen molar-refractivity contribution < 1.29 is 4.74 Å². The van der Waals surface area contributed by atoms with E-state index in [2.05, 4.69) is 188 Å². The second kappa shape index (κ2) is 12.2. The maximum absolute atomic E-state index is 6.80. The minimum atomic E-state index is -0.641. The fourth-order valence-electron chi connectivity index (χ4n) is 8.53. The Morgan fingerprint density at radius 3 is 1.75 bits per heavy atom. The Labute approximate surface area is 301 Å². The molecule has 1 aliphatic heterocycles. The van der Waals surface area contributed by atoms with Crippen molar-refractivity contribution in [1.29, 1.82) is 0 Å². The van der Waals surface area contributed by atoms with Crippen molar-refractivity contribution in [3.05, 3.63) is 216 Å². The molecule has 0 bridgehead atoms. The molecule has 0 amide bonds. The van der Waals surface area contributed by atoms with Crippen LogP contribution < -0.4 is 15.3 Å². The van der Waals surface area contributed by atoms with Crippen LogP contribution in [0.1, 0.15) is 35.1 Å². The normalized spacial score (nSPS) is 15.2. The van der Waals surface area contributed by atoms with Crippen molar-refractivity contribution in [3.8, 4) is 44.9 Å². The fraction of sp³-hybridized carbons (Fsp3) is 0.0612. The topological polar surface area (TPSA) is 9.23 Å². The van der Waals surface area contributed by atoms with Gasteiger partial charge in [-0.1, -0.05) is 164 Å². The number of rotatable bonds is 5. The largest absolute Gasteiger partial charge is 0.457 e. The van der Waals surface area contributed by atoms with Crippen molar-refractivity contribution in [2.45, 2.75) is 18.3 Å². The van der Waals surface area contributed by atoms with Crippen LogP contribution in [-0.2, 0) is 5.41 Å². The van der Waals surface area contributed by atoms with Gasteiger partial charge < -0.3 is 4.74 Å². The molecule has 1 atom stereocenters. The third-order valence-corrected chi connectivity index (χ3v) is 13.2. The fourth-order valence-corrected chi connectivity index (χ4v) is 11.0. The van der Waals surface area contributed by atoms with Gasteiger partial charge >= 0.3 is 0 Å². The van der Waals surface area contributed by atoms with E-state index in [0.29, 0.717) is 0 Å². The van der Waals surface area contributed by atoms with Gasteiger partial charge in [-0.3, -0.25) is 0 Å². The highest BCUT2D eigenvalue weighted by atomic mass is 31.1. The zero-order valence-corrected chi connectivity index (χ0v) is 29.1. The molecule has 1 spiro atoms. The molecule has 0 saturated carbocycles. The molecule has 3 aliphatic rings. The van der Waals surface area contributed by atoms with Crippen LogP contribution in [0, 0.1) is 0 Å². The lowest BCUT2D eigenvalue weighted by Crippen LogP contribution is -2.32. The molecule has 51 heavy (non-hydrogen) atoms. The lowest BCUT2D eigenvalue weighted by atomic mass is 9.66. The van der Waals surface area contributed by atoms with Crippen molar-refractivity contribution >= 4 is 18.5 Å². The summed E-state index contributed by atoms with van der Waals surface area (Å²) >= 11 is 0. The number of benzene rings is 7. The van der Waals surface area contributed by atoms with Gasteiger partial charge in [0.05, 0.1) is 5.41 Å². The van der Waals surface area contributed by atoms with Crippen LogP contribution in [0.15, 0.2) is 193 Å². The van der Waals surface area contributed by atoms with Crippen LogP contribution in [0.25, 0.3) is 33.4 Å². The van der Waals surface area contributed by atoms with Gasteiger partial charge in [0.15, 0.2) is 0 Å². The van der Waals surface area contributed by atoms with Gasteiger partial charge in [0.25, 0.3) is 0 Å². The van der Waals surface area contributed by atoms with Crippen LogP contribution >= 0.6 is 7.92 Å². The Hall–Kier alpha value is -5.75. The smallest absolute Gasteiger partial charge is 0.132 e. The third-order valence-electron chi connectivity index (χ3n) is 10.7. The van der Waals surface area contributed by atoms with E-state index in [-0.39, 0.29) is 0 Å². The minimum Gasteiger partial charge on any atom is -0.457 e. The molecule has 7 aromatic carbocycles. The highest BCUT2D eigenvalue weighted by Crippen LogP contribution is 2.62. The molecule has 0 radical (unpaired) electrons. The van der Waals surface area contributed by atoms with Gasteiger partial charge in [-0.05, 0) is 105 Å². The van der Waals surface area contributed by atoms with Gasteiger partial charge in [0.1, 0.15) is 11.5 Å². The van der Waals surface area contributed by atoms with E-state index in [0.717, 1.165) is 29.9 Å². The van der Waals surface area contributed by atoms with E-state index < -0.39 is 13.3 Å². The zero-order valence-electron chi connectivity index (χ0n) is 28.2. The summed E-state index contributed by atoms with van der Waals surface area (Å²) in [6.45, 7) is 0. The average molecular weight is 671 g/mol. The van der Waals surface area contributed by atoms with E-state index in [1.165, 1.54) is 66.0 Å². The van der Waals surface area contributed by atoms with Crippen LogP contribution in [0.5, 0.6) is 11.5 Å². The molecule has 2 aliphatic carbocycles. The predicted molar refractivity (Wildman–Crippen MR) is 214 cm³/mol. The number of fused-ring (bicyclic) bond motifs is 9. The van der Waals surface area contributed by atoms with Crippen molar-refractivity contribution in [3.63, 3.8) is 0 Å². The Morgan fingerprint density at radius 2 is 1.02 bits per heavy atom. The van der Waals surface area contributed by atoms with E-state index in [9.17, 15) is 0 Å². The number of hydrogen-bond donors (Lipinski definition) is 0. The highest BCUT2D eigenvalue weighted by Gasteiger charge is 2.50. The van der Waals surface area contributed by atoms with Gasteiger partial charge in [-0.15, -0.1) is 0 Å². The average Bonchev–Trinajstić information content (AvgIpc) is 3.49. The molecule has 0 saturated heterocycles. The Bertz CT molecular complexity index is 2480. The second-order valence-corrected chi connectivity index (χ2v) is 15.8. The van der Waals surface area contributed by atoms with E-state index in [1.807, 2.05) is 0 Å². The Kier molecular flexibility index (Phi) is 7.22. The first-order valence-electron chi connectivity index (χ1n) is 17.8. The molecule has 2 heteroatoms. The van der Waals surface area contributed by atoms with Crippen LogP contribution in [0.3, 0.4) is 0 Å². The molecule has 7 aromatic rings. The maximum Gasteiger partial charge on any atom is 0.132 e. The first-order chi connectivity index (χ1) is 25.3. The standard InChI is InChI=1S/C49H35OP/c1-3-18-38(19-4-1)51(39-20-5-2-6-21-39)40-22-14-17-36(32-40)34-15-13-16-35(31-34)37-29-30-46-48(33-37)50-47-28-12-11-27-45(47)49(46)43-25-9-7-23-41(43)42-24-8-10-26-44(42)49/h1,3-5,7-33H,2,6H2. The molecule has 1 heterocycles. The second-order valence-electron chi connectivity index (χ2n) is 13.6. The molecular weight excluding hydrogens is 636 g/mol. The lowest BCUT2D eigenvalue weighted by Gasteiger charge is -2.39. The highest BCUT2D eigenvalue weighted by molar-refractivity contribution is 7.77. The summed E-state index contributed by atoms with van der Waals surface area (Å²) in [6.07, 6.45) is 9.34. The molecule has 10 rings (SSSR count). The molecule has 242 valence electrons. The summed E-state index contributed by atoms with van der Waals surface area (Å²) in [7, 11) is -0.641. The lowest BCUT2D eigenvalue weighted by molar-refractivity contribution is 0.436. The van der Waals surface area contributed by atoms with Gasteiger partial charge in [0.2, 0.25) is 0 Å². The quantitative estimate of drug-likeness (QED) is 0.166. The first-order valence-corrected chi connectivity index (χ1v) is 19.2. The molecular formula is C49H35OP. The van der Waals surface area contributed by atoms with Crippen molar-refractivity contribution in [1.82, 2.24) is 0 Å². The minimum absolute atomic E-state index is 0.446. The van der Waals surface area contributed by atoms with Gasteiger partial charge in [-0.2, -0.15) is 0 Å². The summed E-state index contributed by atoms with van der Waals surface area (Å²) in [6, 6.07) is 62.4. The molecule has 0 fully saturated rings. The van der Waals surface area contributed by atoms with E-state index in [4.69, 9.17) is 4.74 Å².